The molecule has 1 saturated heterocycles. The molecule has 1 aliphatic heterocycles. The van der Waals surface area contributed by atoms with E-state index in [1.165, 1.54) is 0 Å². The van der Waals surface area contributed by atoms with Crippen molar-refractivity contribution in [3.05, 3.63) is 11.8 Å². The molecule has 1 atom stereocenters. The maximum Gasteiger partial charge on any atom is 0.228 e. The molecule has 2 heterocycles. The smallest absolute Gasteiger partial charge is 0.228 e. The summed E-state index contributed by atoms with van der Waals surface area (Å²) in [6, 6.07) is 1.87. The van der Waals surface area contributed by atoms with Crippen LogP contribution in [0.5, 0.6) is 5.88 Å². The van der Waals surface area contributed by atoms with Crippen LogP contribution in [0.1, 0.15) is 26.0 Å². The lowest BCUT2D eigenvalue weighted by Crippen LogP contribution is -2.23. The van der Waals surface area contributed by atoms with Gasteiger partial charge in [-0.15, -0.1) is 11.6 Å². The summed E-state index contributed by atoms with van der Waals surface area (Å²) in [4.78, 5) is 11.1. The van der Waals surface area contributed by atoms with E-state index in [1.807, 2.05) is 26.8 Å². The topological polar surface area (TPSA) is 38.2 Å². The molecule has 4 nitrogen and oxygen atoms in total. The van der Waals surface area contributed by atoms with Crippen molar-refractivity contribution >= 4 is 17.5 Å². The van der Waals surface area contributed by atoms with Gasteiger partial charge in [-0.25, -0.2) is 4.98 Å². The predicted octanol–water partition coefficient (Wildman–Crippen LogP) is 2.64. The highest BCUT2D eigenvalue weighted by molar-refractivity contribution is 6.18. The summed E-state index contributed by atoms with van der Waals surface area (Å²) in [5.74, 6) is 2.67. The first-order valence-electron chi connectivity index (χ1n) is 6.41. The minimum Gasteiger partial charge on any atom is -0.475 e. The number of aryl methyl sites for hydroxylation is 1. The molecule has 1 fully saturated rings. The van der Waals surface area contributed by atoms with Gasteiger partial charge in [0.1, 0.15) is 0 Å². The van der Waals surface area contributed by atoms with Crippen molar-refractivity contribution in [3.8, 4) is 5.88 Å². The molecule has 0 amide bonds. The van der Waals surface area contributed by atoms with Crippen LogP contribution in [0.4, 0.5) is 5.95 Å². The third-order valence-corrected chi connectivity index (χ3v) is 3.40. The van der Waals surface area contributed by atoms with E-state index in [4.69, 9.17) is 16.3 Å². The number of anilines is 1. The number of aromatic nitrogens is 2. The fourth-order valence-electron chi connectivity index (χ4n) is 2.11. The molecule has 100 valence electrons. The Morgan fingerprint density at radius 3 is 2.89 bits per heavy atom. The van der Waals surface area contributed by atoms with Gasteiger partial charge in [-0.2, -0.15) is 4.98 Å². The molecule has 1 aromatic heterocycles. The molecule has 0 radical (unpaired) electrons. The zero-order valence-corrected chi connectivity index (χ0v) is 11.9. The van der Waals surface area contributed by atoms with E-state index in [1.54, 1.807) is 0 Å². The van der Waals surface area contributed by atoms with Crippen LogP contribution >= 0.6 is 11.6 Å². The van der Waals surface area contributed by atoms with Crippen molar-refractivity contribution < 1.29 is 4.74 Å². The first kappa shape index (κ1) is 13.4. The molecule has 0 aliphatic carbocycles. The van der Waals surface area contributed by atoms with Crippen molar-refractivity contribution in [3.63, 3.8) is 0 Å². The minimum atomic E-state index is 0.126. The number of alkyl halides is 1. The fourth-order valence-corrected chi connectivity index (χ4v) is 2.36. The Morgan fingerprint density at radius 2 is 2.28 bits per heavy atom. The second-order valence-corrected chi connectivity index (χ2v) is 5.38. The Hall–Kier alpha value is -1.03. The molecule has 5 heteroatoms. The van der Waals surface area contributed by atoms with Gasteiger partial charge >= 0.3 is 0 Å². The summed E-state index contributed by atoms with van der Waals surface area (Å²) < 4.78 is 5.64. The normalized spacial score (nSPS) is 19.6. The van der Waals surface area contributed by atoms with Crippen LogP contribution < -0.4 is 9.64 Å². The summed E-state index contributed by atoms with van der Waals surface area (Å²) in [7, 11) is 0. The summed E-state index contributed by atoms with van der Waals surface area (Å²) in [6.07, 6.45) is 1.24. The van der Waals surface area contributed by atoms with E-state index in [-0.39, 0.29) is 6.10 Å². The van der Waals surface area contributed by atoms with E-state index in [2.05, 4.69) is 14.9 Å². The van der Waals surface area contributed by atoms with E-state index >= 15 is 0 Å². The largest absolute Gasteiger partial charge is 0.475 e. The lowest BCUT2D eigenvalue weighted by atomic mass is 10.2. The quantitative estimate of drug-likeness (QED) is 0.788. The van der Waals surface area contributed by atoms with Gasteiger partial charge in [0.15, 0.2) is 0 Å². The van der Waals surface area contributed by atoms with Crippen molar-refractivity contribution in [2.45, 2.75) is 33.3 Å². The van der Waals surface area contributed by atoms with Crippen LogP contribution in [-0.2, 0) is 0 Å². The molecule has 0 saturated carbocycles. The van der Waals surface area contributed by atoms with Crippen LogP contribution in [0.3, 0.4) is 0 Å². The third-order valence-electron chi connectivity index (χ3n) is 2.96. The first-order chi connectivity index (χ1) is 8.58. The van der Waals surface area contributed by atoms with Crippen LogP contribution in [0, 0.1) is 12.8 Å². The van der Waals surface area contributed by atoms with Gasteiger partial charge in [0.2, 0.25) is 11.8 Å². The van der Waals surface area contributed by atoms with Gasteiger partial charge in [0.05, 0.1) is 6.10 Å². The number of halogens is 1. The Morgan fingerprint density at radius 1 is 1.50 bits per heavy atom. The van der Waals surface area contributed by atoms with Crippen LogP contribution in [-0.4, -0.2) is 35.0 Å². The Labute approximate surface area is 113 Å². The molecule has 2 rings (SSSR count). The van der Waals surface area contributed by atoms with Crippen molar-refractivity contribution in [2.24, 2.45) is 5.92 Å². The van der Waals surface area contributed by atoms with E-state index < -0.39 is 0 Å². The molecule has 0 aromatic carbocycles. The Balaban J connectivity index is 2.15. The fraction of sp³-hybridized carbons (Fsp3) is 0.692. The molecule has 18 heavy (non-hydrogen) atoms. The van der Waals surface area contributed by atoms with E-state index in [0.717, 1.165) is 31.2 Å². The van der Waals surface area contributed by atoms with Gasteiger partial charge in [0.25, 0.3) is 0 Å². The van der Waals surface area contributed by atoms with Crippen molar-refractivity contribution in [1.29, 1.82) is 0 Å². The average Bonchev–Trinajstić information content (AvgIpc) is 2.75. The van der Waals surface area contributed by atoms with Crippen LogP contribution in [0.25, 0.3) is 0 Å². The highest BCUT2D eigenvalue weighted by Gasteiger charge is 2.24. The van der Waals surface area contributed by atoms with Gasteiger partial charge in [-0.3, -0.25) is 0 Å². The number of hydrogen-bond donors (Lipinski definition) is 0. The molecule has 0 bridgehead atoms. The number of hydrogen-bond acceptors (Lipinski definition) is 4. The zero-order valence-electron chi connectivity index (χ0n) is 11.2. The standard InChI is InChI=1S/C13H20ClN3O/c1-9(2)18-12-6-10(3)15-13(16-12)17-5-4-11(7-14)8-17/h6,9,11H,4-5,7-8H2,1-3H3. The van der Waals surface area contributed by atoms with Gasteiger partial charge in [-0.1, -0.05) is 0 Å². The monoisotopic (exact) mass is 269 g/mol. The third kappa shape index (κ3) is 3.25. The average molecular weight is 270 g/mol. The minimum absolute atomic E-state index is 0.126. The summed E-state index contributed by atoms with van der Waals surface area (Å²) >= 11 is 5.90. The van der Waals surface area contributed by atoms with Crippen LogP contribution in [0.15, 0.2) is 6.07 Å². The molecule has 1 unspecified atom stereocenters. The lowest BCUT2D eigenvalue weighted by Gasteiger charge is -2.18. The van der Waals surface area contributed by atoms with Crippen molar-refractivity contribution in [1.82, 2.24) is 9.97 Å². The number of ether oxygens (including phenoxy) is 1. The van der Waals surface area contributed by atoms with Crippen LogP contribution in [0.2, 0.25) is 0 Å². The summed E-state index contributed by atoms with van der Waals surface area (Å²) in [5, 5.41) is 0. The first-order valence-corrected chi connectivity index (χ1v) is 6.95. The highest BCUT2D eigenvalue weighted by atomic mass is 35.5. The second kappa shape index (κ2) is 5.74. The van der Waals surface area contributed by atoms with Crippen molar-refractivity contribution in [2.75, 3.05) is 23.9 Å². The lowest BCUT2D eigenvalue weighted by molar-refractivity contribution is 0.232. The zero-order chi connectivity index (χ0) is 13.1. The van der Waals surface area contributed by atoms with E-state index in [0.29, 0.717) is 17.7 Å². The number of nitrogens with zero attached hydrogens (tertiary/aromatic N) is 3. The molecule has 0 spiro atoms. The highest BCUT2D eigenvalue weighted by Crippen LogP contribution is 2.24. The van der Waals surface area contributed by atoms with Gasteiger partial charge in [-0.05, 0) is 33.1 Å². The maximum absolute atomic E-state index is 5.90. The summed E-state index contributed by atoms with van der Waals surface area (Å²) in [5.41, 5.74) is 0.935. The Kier molecular flexibility index (Phi) is 4.27. The predicted molar refractivity (Wildman–Crippen MR) is 73.6 cm³/mol. The molecule has 1 aliphatic rings. The second-order valence-electron chi connectivity index (χ2n) is 5.07. The maximum atomic E-state index is 5.90. The SMILES string of the molecule is Cc1cc(OC(C)C)nc(N2CCC(CCl)C2)n1. The van der Waals surface area contributed by atoms with Gasteiger partial charge < -0.3 is 9.64 Å². The summed E-state index contributed by atoms with van der Waals surface area (Å²) in [6.45, 7) is 7.87. The molecule has 1 aromatic rings. The molecule has 0 N–H and O–H groups in total. The molecular formula is C13H20ClN3O. The Bertz CT molecular complexity index is 411. The number of rotatable bonds is 4. The molecular weight excluding hydrogens is 250 g/mol. The van der Waals surface area contributed by atoms with E-state index in [9.17, 15) is 0 Å². The van der Waals surface area contributed by atoms with Gasteiger partial charge in [0, 0.05) is 30.7 Å².